The van der Waals surface area contributed by atoms with Gasteiger partial charge in [-0.2, -0.15) is 0 Å². The Morgan fingerprint density at radius 2 is 1.79 bits per heavy atom. The van der Waals surface area contributed by atoms with E-state index in [1.54, 1.807) is 12.1 Å². The number of aromatic nitrogens is 2. The number of hydrogen-bond donors (Lipinski definition) is 1. The second kappa shape index (κ2) is 8.33. The lowest BCUT2D eigenvalue weighted by Crippen LogP contribution is -2.11. The third-order valence-corrected chi connectivity index (χ3v) is 4.87. The number of ether oxygens (including phenoxy) is 1. The molecule has 0 aliphatic heterocycles. The molecule has 0 amide bonds. The normalized spacial score (nSPS) is 11.6. The Hall–Kier alpha value is -3.37. The molecule has 29 heavy (non-hydrogen) atoms. The minimum atomic E-state index is -0.204. The summed E-state index contributed by atoms with van der Waals surface area (Å²) in [6.07, 6.45) is 1.77. The number of nitrogens with one attached hydrogen (secondary N) is 1. The van der Waals surface area contributed by atoms with Gasteiger partial charge in [-0.15, -0.1) is 0 Å². The van der Waals surface area contributed by atoms with Crippen LogP contribution < -0.4 is 10.3 Å². The first-order chi connectivity index (χ1) is 14.1. The molecule has 0 spiro atoms. The Bertz CT molecular complexity index is 1230. The van der Waals surface area contributed by atoms with Crippen LogP contribution in [-0.2, 0) is 6.61 Å². The summed E-state index contributed by atoms with van der Waals surface area (Å²) >= 11 is 6.44. The van der Waals surface area contributed by atoms with Crippen molar-refractivity contribution in [1.29, 1.82) is 0 Å². The minimum Gasteiger partial charge on any atom is -0.489 e. The zero-order valence-corrected chi connectivity index (χ0v) is 16.6. The average Bonchev–Trinajstić information content (AvgIpc) is 2.74. The lowest BCUT2D eigenvalue weighted by Gasteiger charge is -2.07. The molecule has 4 rings (SSSR count). The molecule has 1 aromatic heterocycles. The van der Waals surface area contributed by atoms with Gasteiger partial charge in [0.1, 0.15) is 12.4 Å². The SMILES string of the molecule is Cc1cccc2c(=O)[nH]c(/C(Cl)=C/c3ccc(OCc4ccccc4)cc3)nc12. The van der Waals surface area contributed by atoms with Crippen LogP contribution in [0, 0.1) is 6.92 Å². The number of aromatic amines is 1. The molecule has 5 heteroatoms. The Morgan fingerprint density at radius 1 is 1.03 bits per heavy atom. The molecule has 0 fully saturated rings. The maximum atomic E-state index is 12.3. The fourth-order valence-electron chi connectivity index (χ4n) is 3.03. The van der Waals surface area contributed by atoms with Gasteiger partial charge in [-0.3, -0.25) is 4.79 Å². The summed E-state index contributed by atoms with van der Waals surface area (Å²) in [5, 5.41) is 0.920. The fraction of sp³-hybridized carbons (Fsp3) is 0.0833. The first kappa shape index (κ1) is 19.0. The molecule has 0 radical (unpaired) electrons. The van der Waals surface area contributed by atoms with Crippen LogP contribution in [-0.4, -0.2) is 9.97 Å². The van der Waals surface area contributed by atoms with E-state index < -0.39 is 0 Å². The standard InChI is InChI=1S/C24H19ClN2O2/c1-16-6-5-9-20-22(16)26-23(27-24(20)28)21(25)14-17-10-12-19(13-11-17)29-15-18-7-3-2-4-8-18/h2-14H,15H2,1H3,(H,26,27,28)/b21-14-. The van der Waals surface area contributed by atoms with Crippen LogP contribution >= 0.6 is 11.6 Å². The average molecular weight is 403 g/mol. The van der Waals surface area contributed by atoms with Gasteiger partial charge in [-0.25, -0.2) is 4.98 Å². The number of halogens is 1. The zero-order valence-electron chi connectivity index (χ0n) is 15.9. The molecule has 0 bridgehead atoms. The van der Waals surface area contributed by atoms with E-state index in [2.05, 4.69) is 9.97 Å². The molecule has 0 aliphatic rings. The van der Waals surface area contributed by atoms with Gasteiger partial charge in [-0.1, -0.05) is 66.2 Å². The van der Waals surface area contributed by atoms with Gasteiger partial charge >= 0.3 is 0 Å². The maximum absolute atomic E-state index is 12.3. The van der Waals surface area contributed by atoms with Crippen molar-refractivity contribution in [2.24, 2.45) is 0 Å². The van der Waals surface area contributed by atoms with Gasteiger partial charge < -0.3 is 9.72 Å². The van der Waals surface area contributed by atoms with Crippen molar-refractivity contribution >= 4 is 33.6 Å². The van der Waals surface area contributed by atoms with E-state index in [4.69, 9.17) is 16.3 Å². The number of para-hydroxylation sites is 1. The van der Waals surface area contributed by atoms with Crippen molar-refractivity contribution in [3.05, 3.63) is 106 Å². The third-order valence-electron chi connectivity index (χ3n) is 4.59. The summed E-state index contributed by atoms with van der Waals surface area (Å²) in [6, 6.07) is 23.1. The van der Waals surface area contributed by atoms with Crippen LogP contribution in [0.15, 0.2) is 77.6 Å². The zero-order chi connectivity index (χ0) is 20.2. The summed E-state index contributed by atoms with van der Waals surface area (Å²) in [5.41, 5.74) is 3.38. The Kier molecular flexibility index (Phi) is 5.45. The van der Waals surface area contributed by atoms with E-state index >= 15 is 0 Å². The number of fused-ring (bicyclic) bond motifs is 1. The van der Waals surface area contributed by atoms with E-state index in [0.29, 0.717) is 28.4 Å². The molecule has 144 valence electrons. The van der Waals surface area contributed by atoms with Crippen molar-refractivity contribution in [3.8, 4) is 5.75 Å². The monoisotopic (exact) mass is 402 g/mol. The molecule has 1 heterocycles. The number of rotatable bonds is 5. The molecule has 3 aromatic carbocycles. The topological polar surface area (TPSA) is 55.0 Å². The number of H-pyrrole nitrogens is 1. The minimum absolute atomic E-state index is 0.204. The highest BCUT2D eigenvalue weighted by Gasteiger charge is 2.08. The Labute approximate surface area is 173 Å². The molecule has 1 N–H and O–H groups in total. The molecule has 0 saturated heterocycles. The lowest BCUT2D eigenvalue weighted by atomic mass is 10.1. The number of benzene rings is 3. The first-order valence-corrected chi connectivity index (χ1v) is 9.62. The second-order valence-corrected chi connectivity index (χ2v) is 7.13. The van der Waals surface area contributed by atoms with Gasteiger partial charge in [0.05, 0.1) is 15.9 Å². The van der Waals surface area contributed by atoms with Crippen LogP contribution in [0.1, 0.15) is 22.5 Å². The van der Waals surface area contributed by atoms with E-state index in [9.17, 15) is 4.79 Å². The number of hydrogen-bond acceptors (Lipinski definition) is 3. The van der Waals surface area contributed by atoms with Gasteiger partial charge in [0.25, 0.3) is 5.56 Å². The highest BCUT2D eigenvalue weighted by molar-refractivity contribution is 6.50. The predicted molar refractivity (Wildman–Crippen MR) is 118 cm³/mol. The van der Waals surface area contributed by atoms with Crippen LogP contribution in [0.4, 0.5) is 0 Å². The van der Waals surface area contributed by atoms with Crippen molar-refractivity contribution in [2.45, 2.75) is 13.5 Å². The van der Waals surface area contributed by atoms with E-state index in [1.807, 2.05) is 73.7 Å². The van der Waals surface area contributed by atoms with Crippen molar-refractivity contribution < 1.29 is 4.74 Å². The van der Waals surface area contributed by atoms with Crippen molar-refractivity contribution in [3.63, 3.8) is 0 Å². The molecule has 4 aromatic rings. The van der Waals surface area contributed by atoms with Gasteiger partial charge in [0.15, 0.2) is 5.82 Å². The fourth-order valence-corrected chi connectivity index (χ4v) is 3.25. The molecule has 0 atom stereocenters. The third kappa shape index (κ3) is 4.39. The molecule has 0 saturated carbocycles. The van der Waals surface area contributed by atoms with Gasteiger partial charge in [0, 0.05) is 0 Å². The molecule has 0 unspecified atom stereocenters. The quantitative estimate of drug-likeness (QED) is 0.476. The predicted octanol–water partition coefficient (Wildman–Crippen LogP) is 5.55. The summed E-state index contributed by atoms with van der Waals surface area (Å²) in [7, 11) is 0. The summed E-state index contributed by atoms with van der Waals surface area (Å²) < 4.78 is 5.80. The van der Waals surface area contributed by atoms with Crippen LogP contribution in [0.25, 0.3) is 22.0 Å². The Morgan fingerprint density at radius 3 is 2.55 bits per heavy atom. The molecular formula is C24H19ClN2O2. The highest BCUT2D eigenvalue weighted by Crippen LogP contribution is 2.22. The number of aryl methyl sites for hydroxylation is 1. The highest BCUT2D eigenvalue weighted by atomic mass is 35.5. The summed E-state index contributed by atoms with van der Waals surface area (Å²) in [4.78, 5) is 19.6. The Balaban J connectivity index is 1.54. The summed E-state index contributed by atoms with van der Waals surface area (Å²) in [5.74, 6) is 1.12. The molecule has 4 nitrogen and oxygen atoms in total. The van der Waals surface area contributed by atoms with Crippen LogP contribution in [0.2, 0.25) is 0 Å². The largest absolute Gasteiger partial charge is 0.489 e. The van der Waals surface area contributed by atoms with Gasteiger partial charge in [0.2, 0.25) is 0 Å². The first-order valence-electron chi connectivity index (χ1n) is 9.24. The van der Waals surface area contributed by atoms with Gasteiger partial charge in [-0.05, 0) is 47.9 Å². The summed E-state index contributed by atoms with van der Waals surface area (Å²) in [6.45, 7) is 2.43. The molecule has 0 aliphatic carbocycles. The number of nitrogens with zero attached hydrogens (tertiary/aromatic N) is 1. The maximum Gasteiger partial charge on any atom is 0.259 e. The lowest BCUT2D eigenvalue weighted by molar-refractivity contribution is 0.306. The second-order valence-electron chi connectivity index (χ2n) is 6.72. The van der Waals surface area contributed by atoms with Crippen LogP contribution in [0.3, 0.4) is 0 Å². The van der Waals surface area contributed by atoms with E-state index in [1.165, 1.54) is 0 Å². The smallest absolute Gasteiger partial charge is 0.259 e. The van der Waals surface area contributed by atoms with E-state index in [-0.39, 0.29) is 5.56 Å². The van der Waals surface area contributed by atoms with Crippen LogP contribution in [0.5, 0.6) is 5.75 Å². The van der Waals surface area contributed by atoms with Crippen molar-refractivity contribution in [1.82, 2.24) is 9.97 Å². The van der Waals surface area contributed by atoms with Crippen molar-refractivity contribution in [2.75, 3.05) is 0 Å². The molecular weight excluding hydrogens is 384 g/mol. The van der Waals surface area contributed by atoms with E-state index in [0.717, 1.165) is 22.4 Å².